The SMILES string of the molecule is CC[C@@H]1C(=O)N(C)c2cnc(-n3ccnc3-c3ccc(F)cn3)nc2N1CCC(F)(F)F. The van der Waals surface area contributed by atoms with Crippen LogP contribution in [0.3, 0.4) is 0 Å². The Labute approximate surface area is 180 Å². The Balaban J connectivity index is 1.79. The van der Waals surface area contributed by atoms with E-state index in [1.54, 1.807) is 20.2 Å². The summed E-state index contributed by atoms with van der Waals surface area (Å²) < 4.78 is 53.6. The van der Waals surface area contributed by atoms with Crippen LogP contribution in [0.1, 0.15) is 19.8 Å². The molecule has 0 aromatic carbocycles. The van der Waals surface area contributed by atoms with Crippen molar-refractivity contribution in [3.63, 3.8) is 0 Å². The minimum Gasteiger partial charge on any atom is -0.342 e. The van der Waals surface area contributed by atoms with E-state index >= 15 is 0 Å². The number of carbonyl (C=O) groups is 1. The standard InChI is InChI=1S/C20H19F4N7O/c1-3-14-18(32)29(2)15-11-27-19(28-17(15)30(14)8-6-20(22,23)24)31-9-7-25-16(31)13-5-4-12(21)10-26-13/h4-5,7,9-11,14H,3,6,8H2,1-2H3/t14-/m1/s1. The zero-order chi connectivity index (χ0) is 23.0. The molecule has 4 rings (SSSR count). The molecule has 3 aromatic rings. The van der Waals surface area contributed by atoms with Crippen molar-refractivity contribution in [2.75, 3.05) is 23.4 Å². The first kappa shape index (κ1) is 21.7. The van der Waals surface area contributed by atoms with E-state index < -0.39 is 31.0 Å². The number of fused-ring (bicyclic) bond motifs is 1. The third-order valence-corrected chi connectivity index (χ3v) is 5.20. The topological polar surface area (TPSA) is 80.0 Å². The number of hydrogen-bond acceptors (Lipinski definition) is 6. The van der Waals surface area contributed by atoms with Gasteiger partial charge < -0.3 is 9.80 Å². The Morgan fingerprint density at radius 3 is 2.56 bits per heavy atom. The highest BCUT2D eigenvalue weighted by atomic mass is 19.4. The number of alkyl halides is 3. The van der Waals surface area contributed by atoms with E-state index in [4.69, 9.17) is 0 Å². The highest BCUT2D eigenvalue weighted by Crippen LogP contribution is 2.36. The van der Waals surface area contributed by atoms with E-state index in [0.29, 0.717) is 23.6 Å². The van der Waals surface area contributed by atoms with Crippen LogP contribution >= 0.6 is 0 Å². The van der Waals surface area contributed by atoms with E-state index in [2.05, 4.69) is 19.9 Å². The van der Waals surface area contributed by atoms with Gasteiger partial charge in [0.2, 0.25) is 11.9 Å². The van der Waals surface area contributed by atoms with Crippen LogP contribution < -0.4 is 9.80 Å². The molecule has 0 saturated carbocycles. The van der Waals surface area contributed by atoms with Crippen LogP contribution in [0.15, 0.2) is 36.9 Å². The molecule has 0 aliphatic carbocycles. The Bertz CT molecular complexity index is 1130. The smallest absolute Gasteiger partial charge is 0.342 e. The summed E-state index contributed by atoms with van der Waals surface area (Å²) >= 11 is 0. The van der Waals surface area contributed by atoms with Crippen molar-refractivity contribution in [3.05, 3.63) is 42.7 Å². The predicted molar refractivity (Wildman–Crippen MR) is 108 cm³/mol. The van der Waals surface area contributed by atoms with Gasteiger partial charge >= 0.3 is 6.18 Å². The van der Waals surface area contributed by atoms with E-state index in [-0.39, 0.29) is 17.7 Å². The summed E-state index contributed by atoms with van der Waals surface area (Å²) in [6.07, 6.45) is 0.334. The molecule has 8 nitrogen and oxygen atoms in total. The molecule has 12 heteroatoms. The molecule has 0 N–H and O–H groups in total. The fraction of sp³-hybridized carbons (Fsp3) is 0.350. The second-order valence-electron chi connectivity index (χ2n) is 7.24. The number of nitrogens with zero attached hydrogens (tertiary/aromatic N) is 7. The highest BCUT2D eigenvalue weighted by Gasteiger charge is 2.39. The van der Waals surface area contributed by atoms with Gasteiger partial charge in [0.05, 0.1) is 18.8 Å². The lowest BCUT2D eigenvalue weighted by Crippen LogP contribution is -2.53. The monoisotopic (exact) mass is 449 g/mol. The lowest BCUT2D eigenvalue weighted by molar-refractivity contribution is -0.133. The maximum absolute atomic E-state index is 13.2. The van der Waals surface area contributed by atoms with Gasteiger partial charge in [0, 0.05) is 26.0 Å². The van der Waals surface area contributed by atoms with Crippen molar-refractivity contribution >= 4 is 17.4 Å². The molecule has 0 unspecified atom stereocenters. The molecular formula is C20H19F4N7O. The number of aromatic nitrogens is 5. The minimum absolute atomic E-state index is 0.136. The molecule has 3 aromatic heterocycles. The van der Waals surface area contributed by atoms with Gasteiger partial charge in [-0.15, -0.1) is 0 Å². The van der Waals surface area contributed by atoms with Gasteiger partial charge in [-0.05, 0) is 18.6 Å². The second-order valence-corrected chi connectivity index (χ2v) is 7.24. The van der Waals surface area contributed by atoms with Crippen molar-refractivity contribution < 1.29 is 22.4 Å². The molecule has 4 heterocycles. The summed E-state index contributed by atoms with van der Waals surface area (Å²) in [6.45, 7) is 1.32. The van der Waals surface area contributed by atoms with Crippen LogP contribution in [0.2, 0.25) is 0 Å². The third kappa shape index (κ3) is 3.99. The summed E-state index contributed by atoms with van der Waals surface area (Å²) in [6, 6.07) is 1.90. The molecule has 0 radical (unpaired) electrons. The van der Waals surface area contributed by atoms with Crippen LogP contribution in [0.5, 0.6) is 0 Å². The quantitative estimate of drug-likeness (QED) is 0.556. The molecule has 0 bridgehead atoms. The van der Waals surface area contributed by atoms with Crippen LogP contribution in [0.25, 0.3) is 17.5 Å². The number of rotatable bonds is 5. The maximum atomic E-state index is 13.2. The average molecular weight is 449 g/mol. The van der Waals surface area contributed by atoms with Crippen molar-refractivity contribution in [2.45, 2.75) is 32.0 Å². The Kier molecular flexibility index (Phi) is 5.53. The Morgan fingerprint density at radius 1 is 1.12 bits per heavy atom. The van der Waals surface area contributed by atoms with Crippen molar-refractivity contribution in [1.29, 1.82) is 0 Å². The number of anilines is 2. The first-order valence-electron chi connectivity index (χ1n) is 9.83. The summed E-state index contributed by atoms with van der Waals surface area (Å²) in [5, 5.41) is 0. The van der Waals surface area contributed by atoms with Gasteiger partial charge in [0.25, 0.3) is 0 Å². The number of pyridine rings is 1. The molecular weight excluding hydrogens is 430 g/mol. The molecule has 1 atom stereocenters. The van der Waals surface area contributed by atoms with Gasteiger partial charge in [-0.3, -0.25) is 9.36 Å². The van der Waals surface area contributed by atoms with Gasteiger partial charge in [0.15, 0.2) is 11.6 Å². The third-order valence-electron chi connectivity index (χ3n) is 5.20. The van der Waals surface area contributed by atoms with E-state index in [9.17, 15) is 22.4 Å². The number of imidazole rings is 1. The van der Waals surface area contributed by atoms with Crippen LogP contribution in [-0.4, -0.2) is 56.2 Å². The van der Waals surface area contributed by atoms with E-state index in [1.165, 1.54) is 38.9 Å². The fourth-order valence-electron chi connectivity index (χ4n) is 3.61. The Hall–Kier alpha value is -3.57. The molecule has 0 fully saturated rings. The molecule has 1 aliphatic heterocycles. The zero-order valence-corrected chi connectivity index (χ0v) is 17.2. The summed E-state index contributed by atoms with van der Waals surface area (Å²) in [5.74, 6) is -0.135. The van der Waals surface area contributed by atoms with E-state index in [0.717, 1.165) is 6.20 Å². The zero-order valence-electron chi connectivity index (χ0n) is 17.2. The van der Waals surface area contributed by atoms with Crippen LogP contribution in [0.4, 0.5) is 29.1 Å². The maximum Gasteiger partial charge on any atom is 0.390 e. The van der Waals surface area contributed by atoms with Gasteiger partial charge in [-0.25, -0.2) is 19.3 Å². The van der Waals surface area contributed by atoms with Crippen molar-refractivity contribution in [2.24, 2.45) is 0 Å². The number of hydrogen-bond donors (Lipinski definition) is 0. The molecule has 0 saturated heterocycles. The number of amides is 1. The second kappa shape index (κ2) is 8.17. The summed E-state index contributed by atoms with van der Waals surface area (Å²) in [4.78, 5) is 32.5. The first-order valence-corrected chi connectivity index (χ1v) is 9.83. The van der Waals surface area contributed by atoms with Gasteiger partial charge in [0.1, 0.15) is 23.2 Å². The van der Waals surface area contributed by atoms with Crippen molar-refractivity contribution in [3.8, 4) is 17.5 Å². The summed E-state index contributed by atoms with van der Waals surface area (Å²) in [5.41, 5.74) is 0.678. The molecule has 168 valence electrons. The molecule has 1 aliphatic rings. The van der Waals surface area contributed by atoms with Crippen molar-refractivity contribution in [1.82, 2.24) is 24.5 Å². The van der Waals surface area contributed by atoms with Crippen LogP contribution in [0, 0.1) is 5.82 Å². The minimum atomic E-state index is -4.38. The predicted octanol–water partition coefficient (Wildman–Crippen LogP) is 3.38. The fourth-order valence-corrected chi connectivity index (χ4v) is 3.61. The lowest BCUT2D eigenvalue weighted by atomic mass is 10.1. The largest absolute Gasteiger partial charge is 0.390 e. The molecule has 32 heavy (non-hydrogen) atoms. The number of likely N-dealkylation sites (N-methyl/N-ethyl adjacent to an activating group) is 1. The van der Waals surface area contributed by atoms with Crippen LogP contribution in [-0.2, 0) is 4.79 Å². The van der Waals surface area contributed by atoms with E-state index in [1.807, 2.05) is 0 Å². The van der Waals surface area contributed by atoms with Gasteiger partial charge in [-0.2, -0.15) is 18.2 Å². The molecule has 1 amide bonds. The average Bonchev–Trinajstić information content (AvgIpc) is 3.24. The molecule has 0 spiro atoms. The normalized spacial score (nSPS) is 16.4. The number of carbonyl (C=O) groups excluding carboxylic acids is 1. The highest BCUT2D eigenvalue weighted by molar-refractivity contribution is 6.04. The Morgan fingerprint density at radius 2 is 1.91 bits per heavy atom. The number of halogens is 4. The summed E-state index contributed by atoms with van der Waals surface area (Å²) in [7, 11) is 1.54. The lowest BCUT2D eigenvalue weighted by Gasteiger charge is -2.40. The van der Waals surface area contributed by atoms with Gasteiger partial charge in [-0.1, -0.05) is 6.92 Å². The first-order chi connectivity index (χ1) is 15.2.